The molecule has 4 nitrogen and oxygen atoms in total. The second-order valence-electron chi connectivity index (χ2n) is 18.6. The van der Waals surface area contributed by atoms with Crippen molar-refractivity contribution < 1.29 is 13.6 Å². The summed E-state index contributed by atoms with van der Waals surface area (Å²) >= 11 is 1.49. The molecule has 3 fully saturated rings. The number of Topliss-reactive ketones (excluding diaryl/α,β-unsaturated/α-hetero) is 1. The fraction of sp³-hybridized carbons (Fsp3) is 0.750. The van der Waals surface area contributed by atoms with Gasteiger partial charge in [0.1, 0.15) is 0 Å². The minimum atomic E-state index is -1.99. The van der Waals surface area contributed by atoms with Gasteiger partial charge >= 0.3 is 0 Å². The van der Waals surface area contributed by atoms with Crippen LogP contribution in [0.4, 0.5) is 0 Å². The van der Waals surface area contributed by atoms with Crippen LogP contribution in [-0.4, -0.2) is 39.6 Å². The molecule has 3 aliphatic rings. The Balaban J connectivity index is 1.54. The van der Waals surface area contributed by atoms with Gasteiger partial charge in [-0.25, -0.2) is 4.98 Å². The number of carbonyl (C=O) groups is 1. The third-order valence-corrected chi connectivity index (χ3v) is 23.2. The molecular weight excluding hydrogens is 631 g/mol. The van der Waals surface area contributed by atoms with E-state index in [1.54, 1.807) is 5.57 Å². The lowest BCUT2D eigenvalue weighted by molar-refractivity contribution is 0.0855. The summed E-state index contributed by atoms with van der Waals surface area (Å²) in [5.74, 6) is 2.02. The van der Waals surface area contributed by atoms with Crippen molar-refractivity contribution in [3.63, 3.8) is 0 Å². The monoisotopic (exact) mass is 697 g/mol. The molecule has 1 aromatic heterocycles. The molecule has 264 valence electrons. The van der Waals surface area contributed by atoms with Gasteiger partial charge < -0.3 is 8.85 Å². The first kappa shape index (κ1) is 38.7. The average Bonchev–Trinajstić information content (AvgIpc) is 3.54. The average molecular weight is 698 g/mol. The van der Waals surface area contributed by atoms with Crippen LogP contribution in [0.25, 0.3) is 0 Å². The number of fused-ring (bicyclic) bond motifs is 1. The van der Waals surface area contributed by atoms with E-state index in [2.05, 4.69) is 105 Å². The van der Waals surface area contributed by atoms with Crippen LogP contribution < -0.4 is 0 Å². The van der Waals surface area contributed by atoms with E-state index >= 15 is 0 Å². The molecule has 0 amide bonds. The van der Waals surface area contributed by atoms with Crippen LogP contribution in [-0.2, 0) is 8.85 Å². The molecule has 3 aliphatic carbocycles. The zero-order valence-electron chi connectivity index (χ0n) is 32.3. The maximum Gasteiger partial charge on any atom is 0.192 e. The lowest BCUT2D eigenvalue weighted by atomic mass is 9.60. The Hall–Kier alpha value is -1.13. The van der Waals surface area contributed by atoms with E-state index in [0.717, 1.165) is 25.0 Å². The van der Waals surface area contributed by atoms with Crippen molar-refractivity contribution in [1.82, 2.24) is 4.98 Å². The second-order valence-corrected chi connectivity index (χ2v) is 29.0. The van der Waals surface area contributed by atoms with Crippen molar-refractivity contribution in [2.24, 2.45) is 23.2 Å². The molecule has 1 aromatic rings. The second kappa shape index (κ2) is 14.2. The molecule has 0 unspecified atom stereocenters. The Morgan fingerprint density at radius 3 is 2.32 bits per heavy atom. The van der Waals surface area contributed by atoms with Gasteiger partial charge in [-0.2, -0.15) is 0 Å². The van der Waals surface area contributed by atoms with Gasteiger partial charge in [-0.1, -0.05) is 79.7 Å². The van der Waals surface area contributed by atoms with Gasteiger partial charge in [0.2, 0.25) is 0 Å². The number of thiazole rings is 1. The van der Waals surface area contributed by atoms with Crippen molar-refractivity contribution >= 4 is 33.8 Å². The summed E-state index contributed by atoms with van der Waals surface area (Å²) in [6.07, 6.45) is 14.7. The molecule has 3 saturated carbocycles. The third kappa shape index (κ3) is 8.61. The van der Waals surface area contributed by atoms with Crippen LogP contribution in [0.3, 0.4) is 0 Å². The molecule has 0 aromatic carbocycles. The summed E-state index contributed by atoms with van der Waals surface area (Å²) in [6, 6.07) is 0. The Morgan fingerprint density at radius 1 is 1.09 bits per heavy atom. The fourth-order valence-corrected chi connectivity index (χ4v) is 11.6. The number of aromatic nitrogens is 1. The molecule has 1 heterocycles. The van der Waals surface area contributed by atoms with E-state index in [0.29, 0.717) is 34.6 Å². The van der Waals surface area contributed by atoms with E-state index in [9.17, 15) is 4.79 Å². The quantitative estimate of drug-likeness (QED) is 0.180. The van der Waals surface area contributed by atoms with Crippen molar-refractivity contribution in [2.45, 2.75) is 169 Å². The molecule has 6 atom stereocenters. The number of aryl methyl sites for hydroxylation is 1. The zero-order chi connectivity index (χ0) is 35.2. The number of nitrogens with zero attached hydrogens (tertiary/aromatic N) is 1. The summed E-state index contributed by atoms with van der Waals surface area (Å²) in [5, 5.41) is 2.97. The molecule has 0 N–H and O–H groups in total. The molecule has 0 aliphatic heterocycles. The molecule has 0 spiro atoms. The van der Waals surface area contributed by atoms with Crippen LogP contribution >= 0.6 is 11.3 Å². The highest BCUT2D eigenvalue weighted by atomic mass is 32.1. The summed E-state index contributed by atoms with van der Waals surface area (Å²) in [4.78, 5) is 17.3. The largest absolute Gasteiger partial charge is 0.413 e. The van der Waals surface area contributed by atoms with E-state index < -0.39 is 16.6 Å². The van der Waals surface area contributed by atoms with E-state index in [1.807, 2.05) is 12.3 Å². The zero-order valence-corrected chi connectivity index (χ0v) is 35.1. The van der Waals surface area contributed by atoms with Crippen molar-refractivity contribution in [3.05, 3.63) is 51.5 Å². The lowest BCUT2D eigenvalue weighted by Crippen LogP contribution is -2.49. The van der Waals surface area contributed by atoms with Gasteiger partial charge in [-0.3, -0.25) is 4.79 Å². The summed E-state index contributed by atoms with van der Waals surface area (Å²) in [6.45, 7) is 35.1. The minimum Gasteiger partial charge on any atom is -0.413 e. The molecule has 47 heavy (non-hydrogen) atoms. The maximum atomic E-state index is 12.9. The van der Waals surface area contributed by atoms with Crippen LogP contribution in [0.1, 0.15) is 129 Å². The number of carbonyl (C=O) groups excluding carboxylic acids is 1. The van der Waals surface area contributed by atoms with Crippen LogP contribution in [0.5, 0.6) is 0 Å². The SMILES string of the molecule is C=C1C(=CC=C2CCC[C@]3(C)[C@@H]([C@H](C)CCC(=O)c4nc(C)cs4)CC[C@@H]23)C[C@@H](O[Si](C)(C)C(C)(C)C)C[C@@H]1O[Si](C)(C)C(C)(C)C. The normalized spacial score (nSPS) is 30.2. The van der Waals surface area contributed by atoms with Gasteiger partial charge in [0.25, 0.3) is 0 Å². The number of rotatable bonds is 10. The Labute approximate surface area is 294 Å². The fourth-order valence-electron chi connectivity index (χ4n) is 8.13. The first-order chi connectivity index (χ1) is 21.6. The Kier molecular flexibility index (Phi) is 11.7. The minimum absolute atomic E-state index is 0.00777. The Morgan fingerprint density at radius 2 is 1.72 bits per heavy atom. The van der Waals surface area contributed by atoms with Crippen LogP contribution in [0, 0.1) is 30.1 Å². The number of hydrogen-bond acceptors (Lipinski definition) is 5. The van der Waals surface area contributed by atoms with Gasteiger partial charge in [-0.05, 0) is 122 Å². The third-order valence-electron chi connectivity index (χ3n) is 13.1. The molecule has 0 radical (unpaired) electrons. The van der Waals surface area contributed by atoms with E-state index in [-0.39, 0.29) is 28.1 Å². The van der Waals surface area contributed by atoms with Crippen LogP contribution in [0.15, 0.2) is 40.8 Å². The lowest BCUT2D eigenvalue weighted by Gasteiger charge is -2.46. The highest BCUT2D eigenvalue weighted by Crippen LogP contribution is 2.60. The van der Waals surface area contributed by atoms with Crippen molar-refractivity contribution in [3.8, 4) is 0 Å². The number of allylic oxidation sites excluding steroid dienone is 3. The van der Waals surface area contributed by atoms with Gasteiger partial charge in [0.15, 0.2) is 27.4 Å². The first-order valence-corrected chi connectivity index (χ1v) is 25.1. The van der Waals surface area contributed by atoms with Crippen LogP contribution in [0.2, 0.25) is 36.3 Å². The number of hydrogen-bond donors (Lipinski definition) is 0. The van der Waals surface area contributed by atoms with Gasteiger partial charge in [-0.15, -0.1) is 11.3 Å². The number of ketones is 1. The molecule has 0 saturated heterocycles. The van der Waals surface area contributed by atoms with Gasteiger partial charge in [0, 0.05) is 23.9 Å². The topological polar surface area (TPSA) is 48.4 Å². The van der Waals surface area contributed by atoms with E-state index in [4.69, 9.17) is 8.85 Å². The highest BCUT2D eigenvalue weighted by Gasteiger charge is 2.51. The standard InChI is InChI=1S/C40H67NO3SSi2/c1-27(17-22-35(42)37-41-28(2)26-45-37)33-20-21-34-30(16-15-23-40(33,34)10)18-19-31-24-32(43-46(11,12)38(4,5)6)25-36(29(31)3)44-47(13,14)39(7,8)9/h18-19,26-27,32-34,36H,3,15-17,20-25H2,1-2,4-14H3/t27-,32-,33-,34+,36+,40-/m1/s1. The summed E-state index contributed by atoms with van der Waals surface area (Å²) in [7, 11) is -3.94. The molecule has 4 rings (SSSR count). The van der Waals surface area contributed by atoms with Crippen molar-refractivity contribution in [2.75, 3.05) is 0 Å². The maximum absolute atomic E-state index is 12.9. The summed E-state index contributed by atoms with van der Waals surface area (Å²) < 4.78 is 14.2. The van der Waals surface area contributed by atoms with Crippen molar-refractivity contribution in [1.29, 1.82) is 0 Å². The summed E-state index contributed by atoms with van der Waals surface area (Å²) in [5.41, 5.74) is 5.36. The molecule has 0 bridgehead atoms. The molecule has 7 heteroatoms. The highest BCUT2D eigenvalue weighted by molar-refractivity contribution is 7.11. The predicted octanol–water partition coefficient (Wildman–Crippen LogP) is 12.3. The molecular formula is C40H67NO3SSi2. The predicted molar refractivity (Wildman–Crippen MR) is 206 cm³/mol. The smallest absolute Gasteiger partial charge is 0.192 e. The van der Waals surface area contributed by atoms with E-state index in [1.165, 1.54) is 54.6 Å². The first-order valence-electron chi connectivity index (χ1n) is 18.5. The Bertz CT molecular complexity index is 1360. The van der Waals surface area contributed by atoms with Gasteiger partial charge in [0.05, 0.1) is 12.2 Å².